The molecule has 0 aromatic heterocycles. The smallest absolute Gasteiger partial charge is 0.290 e. The number of carbonyl (C=O) groups excluding carboxylic acids is 1. The molecule has 3 N–H and O–H groups in total. The zero-order valence-electron chi connectivity index (χ0n) is 5.63. The fourth-order valence-electron chi connectivity index (χ4n) is 1.65. The molecule has 2 rings (SSSR count). The van der Waals surface area contributed by atoms with E-state index in [1.807, 2.05) is 0 Å². The Kier molecular flexibility index (Phi) is 0.877. The van der Waals surface area contributed by atoms with E-state index in [1.54, 1.807) is 0 Å². The standard InChI is InChI=1S/C6H10N3O/c7-4-5(8)9(6(4)10)2-1-3-9/h5,7H,1-3,8H2/q+1. The summed E-state index contributed by atoms with van der Waals surface area (Å²) < 4.78 is 0.374. The van der Waals surface area contributed by atoms with Crippen LogP contribution in [0.3, 0.4) is 0 Å². The van der Waals surface area contributed by atoms with Crippen molar-refractivity contribution in [1.82, 2.24) is 0 Å². The van der Waals surface area contributed by atoms with Crippen LogP contribution < -0.4 is 5.73 Å². The summed E-state index contributed by atoms with van der Waals surface area (Å²) in [6.45, 7) is 1.70. The molecule has 0 bridgehead atoms. The van der Waals surface area contributed by atoms with E-state index < -0.39 is 0 Å². The summed E-state index contributed by atoms with van der Waals surface area (Å²) in [5.74, 6) is -0.0567. The summed E-state index contributed by atoms with van der Waals surface area (Å²) in [7, 11) is 0. The molecule has 0 aromatic rings. The van der Waals surface area contributed by atoms with Crippen LogP contribution in [0.4, 0.5) is 0 Å². The van der Waals surface area contributed by atoms with Gasteiger partial charge in [0.2, 0.25) is 11.9 Å². The predicted molar refractivity (Wildman–Crippen MR) is 35.3 cm³/mol. The molecule has 0 radical (unpaired) electrons. The van der Waals surface area contributed by atoms with Gasteiger partial charge in [-0.3, -0.25) is 11.1 Å². The van der Waals surface area contributed by atoms with Gasteiger partial charge in [0.05, 0.1) is 13.1 Å². The van der Waals surface area contributed by atoms with Crippen molar-refractivity contribution in [2.75, 3.05) is 13.1 Å². The minimum atomic E-state index is -0.304. The summed E-state index contributed by atoms with van der Waals surface area (Å²) in [6, 6.07) is 0. The first-order chi connectivity index (χ1) is 4.68. The molecular formula is C6H10N3O+. The molecule has 4 nitrogen and oxygen atoms in total. The van der Waals surface area contributed by atoms with Gasteiger partial charge in [0, 0.05) is 6.42 Å². The van der Waals surface area contributed by atoms with Crippen LogP contribution in [-0.4, -0.2) is 35.4 Å². The molecule has 1 unspecified atom stereocenters. The Labute approximate surface area is 58.7 Å². The number of β-lactam (4-membered cyclic amide) rings is 1. The van der Waals surface area contributed by atoms with Gasteiger partial charge < -0.3 is 0 Å². The van der Waals surface area contributed by atoms with E-state index in [9.17, 15) is 4.79 Å². The van der Waals surface area contributed by atoms with E-state index in [2.05, 4.69) is 0 Å². The second-order valence-electron chi connectivity index (χ2n) is 3.00. The lowest BCUT2D eigenvalue weighted by Crippen LogP contribution is -2.83. The highest BCUT2D eigenvalue weighted by Crippen LogP contribution is 2.31. The molecule has 2 aliphatic rings. The van der Waals surface area contributed by atoms with Crippen LogP contribution in [0.15, 0.2) is 0 Å². The fraction of sp³-hybridized carbons (Fsp3) is 0.667. The van der Waals surface area contributed by atoms with Gasteiger partial charge in [-0.25, -0.2) is 9.28 Å². The van der Waals surface area contributed by atoms with Crippen LogP contribution in [0.2, 0.25) is 0 Å². The van der Waals surface area contributed by atoms with Crippen molar-refractivity contribution in [3.8, 4) is 0 Å². The number of hydrogen-bond acceptors (Lipinski definition) is 3. The number of nitrogens with one attached hydrogen (secondary N) is 1. The summed E-state index contributed by atoms with van der Waals surface area (Å²) in [5.41, 5.74) is 5.69. The van der Waals surface area contributed by atoms with Gasteiger partial charge in [0.1, 0.15) is 0 Å². The molecule has 0 saturated carbocycles. The monoisotopic (exact) mass is 140 g/mol. The van der Waals surface area contributed by atoms with Gasteiger partial charge in [0.15, 0.2) is 0 Å². The molecule has 1 atom stereocenters. The van der Waals surface area contributed by atoms with Crippen molar-refractivity contribution in [2.24, 2.45) is 5.73 Å². The van der Waals surface area contributed by atoms with Gasteiger partial charge in [-0.2, -0.15) is 0 Å². The third-order valence-corrected chi connectivity index (χ3v) is 2.58. The lowest BCUT2D eigenvalue weighted by molar-refractivity contribution is -0.917. The highest BCUT2D eigenvalue weighted by Gasteiger charge is 2.62. The van der Waals surface area contributed by atoms with E-state index >= 15 is 0 Å². The maximum atomic E-state index is 11.0. The highest BCUT2D eigenvalue weighted by molar-refractivity contribution is 6.41. The maximum Gasteiger partial charge on any atom is 0.368 e. The molecule has 2 aliphatic heterocycles. The first kappa shape index (κ1) is 6.00. The van der Waals surface area contributed by atoms with Crippen molar-refractivity contribution in [2.45, 2.75) is 12.6 Å². The molecule has 0 aromatic carbocycles. The van der Waals surface area contributed by atoms with Gasteiger partial charge in [-0.15, -0.1) is 0 Å². The first-order valence-corrected chi connectivity index (χ1v) is 3.44. The van der Waals surface area contributed by atoms with E-state index in [-0.39, 0.29) is 17.8 Å². The minimum absolute atomic E-state index is 0.0567. The zero-order valence-corrected chi connectivity index (χ0v) is 5.63. The van der Waals surface area contributed by atoms with Crippen LogP contribution in [0.5, 0.6) is 0 Å². The number of quaternary nitrogens is 1. The Morgan fingerprint density at radius 1 is 1.60 bits per heavy atom. The third-order valence-electron chi connectivity index (χ3n) is 2.58. The van der Waals surface area contributed by atoms with Crippen LogP contribution in [0.1, 0.15) is 6.42 Å². The fourth-order valence-corrected chi connectivity index (χ4v) is 1.65. The summed E-state index contributed by atoms with van der Waals surface area (Å²) in [4.78, 5) is 11.0. The van der Waals surface area contributed by atoms with Crippen LogP contribution >= 0.6 is 0 Å². The van der Waals surface area contributed by atoms with Crippen LogP contribution in [0.25, 0.3) is 0 Å². The number of nitrogens with two attached hydrogens (primary N) is 1. The maximum absolute atomic E-state index is 11.0. The van der Waals surface area contributed by atoms with Crippen molar-refractivity contribution in [1.29, 1.82) is 5.41 Å². The lowest BCUT2D eigenvalue weighted by atomic mass is 9.94. The molecule has 2 fully saturated rings. The number of nitrogens with zero attached hydrogens (tertiary/aromatic N) is 1. The predicted octanol–water partition coefficient (Wildman–Crippen LogP) is -0.948. The second kappa shape index (κ2) is 1.46. The van der Waals surface area contributed by atoms with Gasteiger partial charge in [-0.05, 0) is 0 Å². The van der Waals surface area contributed by atoms with Crippen molar-refractivity contribution in [3.63, 3.8) is 0 Å². The van der Waals surface area contributed by atoms with Crippen molar-refractivity contribution >= 4 is 11.6 Å². The quantitative estimate of drug-likeness (QED) is 0.336. The minimum Gasteiger partial charge on any atom is -0.290 e. The topological polar surface area (TPSA) is 66.9 Å². The Bertz CT molecular complexity index is 219. The molecule has 2 heterocycles. The summed E-state index contributed by atoms with van der Waals surface area (Å²) in [6.07, 6.45) is 0.772. The van der Waals surface area contributed by atoms with E-state index in [0.717, 1.165) is 19.5 Å². The molecule has 10 heavy (non-hydrogen) atoms. The number of rotatable bonds is 0. The first-order valence-electron chi connectivity index (χ1n) is 3.44. The summed E-state index contributed by atoms with van der Waals surface area (Å²) >= 11 is 0. The zero-order chi connectivity index (χ0) is 7.35. The van der Waals surface area contributed by atoms with E-state index in [0.29, 0.717) is 4.48 Å². The molecule has 1 amide bonds. The molecule has 4 heteroatoms. The van der Waals surface area contributed by atoms with Crippen LogP contribution in [-0.2, 0) is 4.79 Å². The number of carbonyl (C=O) groups is 1. The molecule has 2 saturated heterocycles. The Morgan fingerprint density at radius 3 is 2.40 bits per heavy atom. The van der Waals surface area contributed by atoms with Gasteiger partial charge in [0.25, 0.3) is 0 Å². The normalized spacial score (nSPS) is 35.5. The molecular weight excluding hydrogens is 130 g/mol. The van der Waals surface area contributed by atoms with Crippen molar-refractivity contribution < 1.29 is 9.28 Å². The SMILES string of the molecule is N=C1C(=O)[N+]2(CCC2)C1N. The number of amides is 1. The van der Waals surface area contributed by atoms with Crippen molar-refractivity contribution in [3.05, 3.63) is 0 Å². The molecule has 54 valence electrons. The Balaban J connectivity index is 2.26. The van der Waals surface area contributed by atoms with E-state index in [1.165, 1.54) is 0 Å². The van der Waals surface area contributed by atoms with Gasteiger partial charge >= 0.3 is 5.91 Å². The number of hydrogen-bond donors (Lipinski definition) is 2. The third kappa shape index (κ3) is 0.383. The van der Waals surface area contributed by atoms with Crippen LogP contribution in [0, 0.1) is 5.41 Å². The lowest BCUT2D eigenvalue weighted by Gasteiger charge is -2.52. The molecule has 0 aliphatic carbocycles. The molecule has 1 spiro atoms. The Hall–Kier alpha value is -0.740. The second-order valence-corrected chi connectivity index (χ2v) is 3.00. The average molecular weight is 140 g/mol. The summed E-state index contributed by atoms with van der Waals surface area (Å²) in [5, 5.41) is 7.14. The highest BCUT2D eigenvalue weighted by atomic mass is 16.2. The largest absolute Gasteiger partial charge is 0.368 e. The average Bonchev–Trinajstić information content (AvgIpc) is 1.84. The van der Waals surface area contributed by atoms with Gasteiger partial charge in [-0.1, -0.05) is 0 Å². The van der Waals surface area contributed by atoms with E-state index in [4.69, 9.17) is 11.1 Å². The Morgan fingerprint density at radius 2 is 2.20 bits per heavy atom.